The molecule has 0 aliphatic carbocycles. The lowest BCUT2D eigenvalue weighted by molar-refractivity contribution is -0.274. The van der Waals surface area contributed by atoms with Crippen molar-refractivity contribution in [2.45, 2.75) is 12.9 Å². The Morgan fingerprint density at radius 2 is 1.59 bits per heavy atom. The Morgan fingerprint density at radius 3 is 2.09 bits per heavy atom. The Morgan fingerprint density at radius 1 is 0.955 bits per heavy atom. The maximum atomic E-state index is 12.3. The van der Waals surface area contributed by atoms with Gasteiger partial charge >= 0.3 is 6.36 Å². The van der Waals surface area contributed by atoms with Crippen LogP contribution in [0.5, 0.6) is 11.5 Å². The minimum atomic E-state index is -4.73. The molecule has 120 valence electrons. The summed E-state index contributed by atoms with van der Waals surface area (Å²) in [6.45, 7) is 0.123. The van der Waals surface area contributed by atoms with E-state index in [9.17, 15) is 13.2 Å². The van der Waals surface area contributed by atoms with Gasteiger partial charge in [-0.15, -0.1) is 25.6 Å². The maximum absolute atomic E-state index is 12.3. The lowest BCUT2D eigenvalue weighted by Gasteiger charge is -2.12. The lowest BCUT2D eigenvalue weighted by Crippen LogP contribution is -2.17. The van der Waals surface area contributed by atoms with Crippen LogP contribution in [-0.2, 0) is 6.54 Å². The third-order valence-corrected chi connectivity index (χ3v) is 2.86. The van der Waals surface area contributed by atoms with Crippen molar-refractivity contribution < 1.29 is 22.6 Å². The van der Waals surface area contributed by atoms with E-state index >= 15 is 0 Å². The first-order valence-corrected chi connectivity index (χ1v) is 6.15. The Labute approximate surface area is 132 Å². The number of nitrogens with two attached hydrogens (primary N) is 1. The summed E-state index contributed by atoms with van der Waals surface area (Å²) < 4.78 is 46.0. The number of ether oxygens (including phenoxy) is 2. The molecule has 0 atom stereocenters. The predicted octanol–water partition coefficient (Wildman–Crippen LogP) is 4.14. The van der Waals surface area contributed by atoms with Crippen molar-refractivity contribution in [3.8, 4) is 22.6 Å². The molecule has 3 nitrogen and oxygen atoms in total. The summed E-state index contributed by atoms with van der Waals surface area (Å²) in [4.78, 5) is 0. The van der Waals surface area contributed by atoms with Crippen LogP contribution in [-0.4, -0.2) is 13.5 Å². The van der Waals surface area contributed by atoms with Gasteiger partial charge in [-0.3, -0.25) is 0 Å². The highest BCUT2D eigenvalue weighted by Gasteiger charge is 2.31. The standard InChI is InChI=1S/C15H14F3NO2.ClH/c1-20-13-4-2-11(3-5-13)12-6-10(9-19)7-14(8-12)21-15(16,17)18;/h2-8H,9,19H2,1H3;1H. The zero-order valence-corrected chi connectivity index (χ0v) is 12.5. The van der Waals surface area contributed by atoms with Gasteiger partial charge in [0.2, 0.25) is 0 Å². The molecule has 0 bridgehead atoms. The normalized spacial score (nSPS) is 10.8. The van der Waals surface area contributed by atoms with Crippen molar-refractivity contribution in [2.75, 3.05) is 7.11 Å². The first-order chi connectivity index (χ1) is 9.91. The van der Waals surface area contributed by atoms with Crippen LogP contribution in [0.4, 0.5) is 13.2 Å². The van der Waals surface area contributed by atoms with E-state index in [4.69, 9.17) is 10.5 Å². The van der Waals surface area contributed by atoms with Gasteiger partial charge in [0.15, 0.2) is 0 Å². The van der Waals surface area contributed by atoms with Gasteiger partial charge < -0.3 is 15.2 Å². The van der Waals surface area contributed by atoms with Crippen molar-refractivity contribution in [1.82, 2.24) is 0 Å². The second-order valence-corrected chi connectivity index (χ2v) is 4.35. The van der Waals surface area contributed by atoms with Crippen LogP contribution in [0.3, 0.4) is 0 Å². The van der Waals surface area contributed by atoms with Crippen molar-refractivity contribution in [3.05, 3.63) is 48.0 Å². The van der Waals surface area contributed by atoms with Crippen LogP contribution in [0.25, 0.3) is 11.1 Å². The van der Waals surface area contributed by atoms with E-state index in [2.05, 4.69) is 4.74 Å². The summed E-state index contributed by atoms with van der Waals surface area (Å²) in [6.07, 6.45) is -4.73. The monoisotopic (exact) mass is 333 g/mol. The molecule has 0 saturated carbocycles. The molecule has 0 fully saturated rings. The van der Waals surface area contributed by atoms with Crippen LogP contribution in [0, 0.1) is 0 Å². The Hall–Kier alpha value is -1.92. The highest BCUT2D eigenvalue weighted by Crippen LogP contribution is 2.30. The zero-order valence-electron chi connectivity index (χ0n) is 11.7. The van der Waals surface area contributed by atoms with Gasteiger partial charge in [0.25, 0.3) is 0 Å². The third kappa shape index (κ3) is 4.82. The third-order valence-electron chi connectivity index (χ3n) is 2.86. The summed E-state index contributed by atoms with van der Waals surface area (Å²) in [5.41, 5.74) is 7.42. The minimum absolute atomic E-state index is 0. The molecular weight excluding hydrogens is 319 g/mol. The first kappa shape index (κ1) is 18.1. The van der Waals surface area contributed by atoms with Crippen LogP contribution >= 0.6 is 12.4 Å². The van der Waals surface area contributed by atoms with Gasteiger partial charge in [-0.1, -0.05) is 12.1 Å². The molecule has 0 saturated heterocycles. The summed E-state index contributed by atoms with van der Waals surface area (Å²) >= 11 is 0. The molecular formula is C15H15ClF3NO2. The fourth-order valence-electron chi connectivity index (χ4n) is 1.92. The van der Waals surface area contributed by atoms with E-state index in [1.165, 1.54) is 12.1 Å². The highest BCUT2D eigenvalue weighted by atomic mass is 35.5. The second-order valence-electron chi connectivity index (χ2n) is 4.35. The van der Waals surface area contributed by atoms with Crippen LogP contribution in [0.15, 0.2) is 42.5 Å². The van der Waals surface area contributed by atoms with Gasteiger partial charge in [-0.25, -0.2) is 0 Å². The number of hydrogen-bond donors (Lipinski definition) is 1. The van der Waals surface area contributed by atoms with Crippen LogP contribution in [0.1, 0.15) is 5.56 Å². The second kappa shape index (κ2) is 7.38. The first-order valence-electron chi connectivity index (χ1n) is 6.15. The maximum Gasteiger partial charge on any atom is 0.573 e. The van der Waals surface area contributed by atoms with E-state index in [0.717, 1.165) is 5.56 Å². The smallest absolute Gasteiger partial charge is 0.497 e. The number of benzene rings is 2. The van der Waals surface area contributed by atoms with Crippen molar-refractivity contribution in [2.24, 2.45) is 5.73 Å². The topological polar surface area (TPSA) is 44.5 Å². The SMILES string of the molecule is COc1ccc(-c2cc(CN)cc(OC(F)(F)F)c2)cc1.Cl. The summed E-state index contributed by atoms with van der Waals surface area (Å²) in [5, 5.41) is 0. The van der Waals surface area contributed by atoms with Crippen molar-refractivity contribution in [1.29, 1.82) is 0 Å². The Kier molecular flexibility index (Phi) is 6.08. The molecule has 2 aromatic carbocycles. The molecule has 2 N–H and O–H groups in total. The molecule has 0 spiro atoms. The lowest BCUT2D eigenvalue weighted by atomic mass is 10.0. The molecule has 7 heteroatoms. The van der Waals surface area contributed by atoms with Crippen LogP contribution < -0.4 is 15.2 Å². The van der Waals surface area contributed by atoms with Crippen molar-refractivity contribution >= 4 is 12.4 Å². The predicted molar refractivity (Wildman–Crippen MR) is 80.3 cm³/mol. The van der Waals surface area contributed by atoms with Gasteiger partial charge in [0.05, 0.1) is 7.11 Å². The van der Waals surface area contributed by atoms with Gasteiger partial charge in [0, 0.05) is 6.54 Å². The van der Waals surface area contributed by atoms with E-state index in [1.54, 1.807) is 37.4 Å². The fraction of sp³-hybridized carbons (Fsp3) is 0.200. The molecule has 0 heterocycles. The van der Waals surface area contributed by atoms with Gasteiger partial charge in [-0.05, 0) is 47.0 Å². The molecule has 0 aliphatic heterocycles. The van der Waals surface area contributed by atoms with E-state index in [0.29, 0.717) is 16.9 Å². The number of alkyl halides is 3. The summed E-state index contributed by atoms with van der Waals surface area (Å²) in [5.74, 6) is 0.386. The molecule has 0 unspecified atom stereocenters. The largest absolute Gasteiger partial charge is 0.573 e. The number of methoxy groups -OCH3 is 1. The van der Waals surface area contributed by atoms with Crippen LogP contribution in [0.2, 0.25) is 0 Å². The minimum Gasteiger partial charge on any atom is -0.497 e. The molecule has 0 amide bonds. The van der Waals surface area contributed by atoms with Gasteiger partial charge in [-0.2, -0.15) is 0 Å². The molecule has 2 aromatic rings. The Bertz CT molecular complexity index is 615. The molecule has 0 radical (unpaired) electrons. The number of halogens is 4. The highest BCUT2D eigenvalue weighted by molar-refractivity contribution is 5.85. The molecule has 0 aromatic heterocycles. The zero-order chi connectivity index (χ0) is 15.5. The molecule has 2 rings (SSSR count). The van der Waals surface area contributed by atoms with Gasteiger partial charge in [0.1, 0.15) is 11.5 Å². The number of hydrogen-bond acceptors (Lipinski definition) is 3. The van der Waals surface area contributed by atoms with E-state index in [-0.39, 0.29) is 24.7 Å². The van der Waals surface area contributed by atoms with E-state index < -0.39 is 6.36 Å². The Balaban J connectivity index is 0.00000242. The average Bonchev–Trinajstić information content (AvgIpc) is 2.45. The van der Waals surface area contributed by atoms with Crippen molar-refractivity contribution in [3.63, 3.8) is 0 Å². The van der Waals surface area contributed by atoms with E-state index in [1.807, 2.05) is 0 Å². The average molecular weight is 334 g/mol. The number of rotatable bonds is 4. The molecule has 22 heavy (non-hydrogen) atoms. The fourth-order valence-corrected chi connectivity index (χ4v) is 1.92. The summed E-state index contributed by atoms with van der Waals surface area (Å²) in [6, 6.07) is 11.3. The summed E-state index contributed by atoms with van der Waals surface area (Å²) in [7, 11) is 1.54. The quantitative estimate of drug-likeness (QED) is 0.914. The molecule has 0 aliphatic rings.